The summed E-state index contributed by atoms with van der Waals surface area (Å²) in [5, 5.41) is 2.88. The zero-order valence-corrected chi connectivity index (χ0v) is 11.9. The highest BCUT2D eigenvalue weighted by atomic mass is 16.2. The van der Waals surface area contributed by atoms with E-state index < -0.39 is 6.04 Å². The quantitative estimate of drug-likeness (QED) is 0.913. The SMILES string of the molecule is CCC1C(=O)NC(c2ccccc2)C(=O)N1C1CC1C. The molecule has 1 N–H and O–H groups in total. The molecule has 1 heterocycles. The molecule has 0 aromatic heterocycles. The van der Waals surface area contributed by atoms with Gasteiger partial charge in [0.25, 0.3) is 5.91 Å². The summed E-state index contributed by atoms with van der Waals surface area (Å²) < 4.78 is 0. The van der Waals surface area contributed by atoms with Crippen LogP contribution in [-0.2, 0) is 9.59 Å². The van der Waals surface area contributed by atoms with Gasteiger partial charge in [0.1, 0.15) is 12.1 Å². The maximum atomic E-state index is 12.8. The predicted molar refractivity (Wildman–Crippen MR) is 75.8 cm³/mol. The summed E-state index contributed by atoms with van der Waals surface area (Å²) in [6.45, 7) is 4.09. The van der Waals surface area contributed by atoms with Gasteiger partial charge in [-0.2, -0.15) is 0 Å². The zero-order valence-electron chi connectivity index (χ0n) is 11.9. The molecule has 1 aromatic rings. The van der Waals surface area contributed by atoms with Crippen molar-refractivity contribution in [3.63, 3.8) is 0 Å². The minimum absolute atomic E-state index is 0.0277. The molecule has 1 aliphatic heterocycles. The van der Waals surface area contributed by atoms with E-state index in [4.69, 9.17) is 0 Å². The lowest BCUT2D eigenvalue weighted by molar-refractivity contribution is -0.150. The van der Waals surface area contributed by atoms with E-state index in [0.717, 1.165) is 12.0 Å². The highest BCUT2D eigenvalue weighted by Crippen LogP contribution is 2.39. The zero-order chi connectivity index (χ0) is 14.3. The normalized spacial score (nSPS) is 33.0. The second-order valence-corrected chi connectivity index (χ2v) is 5.80. The molecule has 4 heteroatoms. The van der Waals surface area contributed by atoms with Gasteiger partial charge in [-0.15, -0.1) is 0 Å². The summed E-state index contributed by atoms with van der Waals surface area (Å²) in [4.78, 5) is 26.9. The number of nitrogens with zero attached hydrogens (tertiary/aromatic N) is 1. The highest BCUT2D eigenvalue weighted by molar-refractivity contribution is 5.97. The van der Waals surface area contributed by atoms with E-state index in [2.05, 4.69) is 12.2 Å². The van der Waals surface area contributed by atoms with Crippen molar-refractivity contribution in [3.05, 3.63) is 35.9 Å². The third kappa shape index (κ3) is 2.09. The summed E-state index contributed by atoms with van der Waals surface area (Å²) >= 11 is 0. The molecule has 20 heavy (non-hydrogen) atoms. The molecule has 3 rings (SSSR count). The monoisotopic (exact) mass is 272 g/mol. The van der Waals surface area contributed by atoms with E-state index in [1.807, 2.05) is 42.2 Å². The van der Waals surface area contributed by atoms with Crippen LogP contribution in [0.1, 0.15) is 38.3 Å². The van der Waals surface area contributed by atoms with Gasteiger partial charge >= 0.3 is 0 Å². The molecule has 0 radical (unpaired) electrons. The van der Waals surface area contributed by atoms with E-state index in [-0.39, 0.29) is 23.9 Å². The number of hydrogen-bond donors (Lipinski definition) is 1. The number of carbonyl (C=O) groups is 2. The van der Waals surface area contributed by atoms with Gasteiger partial charge in [0, 0.05) is 6.04 Å². The molecule has 2 amide bonds. The topological polar surface area (TPSA) is 49.4 Å². The molecule has 0 spiro atoms. The first-order valence-corrected chi connectivity index (χ1v) is 7.31. The van der Waals surface area contributed by atoms with Gasteiger partial charge in [-0.1, -0.05) is 44.2 Å². The second-order valence-electron chi connectivity index (χ2n) is 5.80. The van der Waals surface area contributed by atoms with Crippen molar-refractivity contribution in [1.29, 1.82) is 0 Å². The molecule has 1 aromatic carbocycles. The van der Waals surface area contributed by atoms with Gasteiger partial charge in [0.05, 0.1) is 0 Å². The molecule has 0 bridgehead atoms. The number of amides is 2. The van der Waals surface area contributed by atoms with E-state index >= 15 is 0 Å². The van der Waals surface area contributed by atoms with Gasteiger partial charge in [0.2, 0.25) is 5.91 Å². The molecule has 2 aliphatic rings. The molecule has 1 saturated heterocycles. The van der Waals surface area contributed by atoms with Crippen molar-refractivity contribution in [3.8, 4) is 0 Å². The Balaban J connectivity index is 1.91. The summed E-state index contributed by atoms with van der Waals surface area (Å²) in [5.74, 6) is 0.521. The Labute approximate surface area is 119 Å². The van der Waals surface area contributed by atoms with E-state index in [0.29, 0.717) is 12.3 Å². The van der Waals surface area contributed by atoms with E-state index in [9.17, 15) is 9.59 Å². The molecule has 4 nitrogen and oxygen atoms in total. The largest absolute Gasteiger partial charge is 0.339 e. The maximum absolute atomic E-state index is 12.8. The first-order chi connectivity index (χ1) is 9.63. The third-order valence-electron chi connectivity index (χ3n) is 4.37. The van der Waals surface area contributed by atoms with E-state index in [1.54, 1.807) is 0 Å². The average Bonchev–Trinajstić information content (AvgIpc) is 3.18. The fraction of sp³-hybridized carbons (Fsp3) is 0.500. The van der Waals surface area contributed by atoms with Crippen molar-refractivity contribution in [2.75, 3.05) is 0 Å². The number of nitrogens with one attached hydrogen (secondary N) is 1. The average molecular weight is 272 g/mol. The standard InChI is InChI=1S/C16H20N2O2/c1-3-12-15(19)17-14(11-7-5-4-6-8-11)16(20)18(12)13-9-10(13)2/h4-8,10,12-14H,3,9H2,1-2H3,(H,17,19). The van der Waals surface area contributed by atoms with Crippen LogP contribution in [-0.4, -0.2) is 28.8 Å². The van der Waals surface area contributed by atoms with Crippen LogP contribution in [0.3, 0.4) is 0 Å². The van der Waals surface area contributed by atoms with Crippen LogP contribution in [0.2, 0.25) is 0 Å². The third-order valence-corrected chi connectivity index (χ3v) is 4.37. The van der Waals surface area contributed by atoms with Crippen LogP contribution >= 0.6 is 0 Å². The lowest BCUT2D eigenvalue weighted by Gasteiger charge is -2.39. The van der Waals surface area contributed by atoms with Crippen molar-refractivity contribution >= 4 is 11.8 Å². The highest BCUT2D eigenvalue weighted by Gasteiger charge is 2.50. The van der Waals surface area contributed by atoms with E-state index in [1.165, 1.54) is 0 Å². The lowest BCUT2D eigenvalue weighted by Crippen LogP contribution is -2.60. The second kappa shape index (κ2) is 4.93. The summed E-state index contributed by atoms with van der Waals surface area (Å²) in [6, 6.07) is 8.89. The molecule has 2 fully saturated rings. The van der Waals surface area contributed by atoms with Gasteiger partial charge in [-0.25, -0.2) is 0 Å². The van der Waals surface area contributed by atoms with Crippen LogP contribution < -0.4 is 5.32 Å². The summed E-state index contributed by atoms with van der Waals surface area (Å²) in [5.41, 5.74) is 0.860. The number of benzene rings is 1. The molecular weight excluding hydrogens is 252 g/mol. The lowest BCUT2D eigenvalue weighted by atomic mass is 9.99. The van der Waals surface area contributed by atoms with Crippen LogP contribution in [0.5, 0.6) is 0 Å². The van der Waals surface area contributed by atoms with Crippen molar-refractivity contribution in [2.45, 2.75) is 44.8 Å². The number of rotatable bonds is 3. The smallest absolute Gasteiger partial charge is 0.250 e. The minimum atomic E-state index is -0.528. The molecule has 4 atom stereocenters. The van der Waals surface area contributed by atoms with Crippen LogP contribution in [0.25, 0.3) is 0 Å². The number of hydrogen-bond acceptors (Lipinski definition) is 2. The number of piperazine rings is 1. The maximum Gasteiger partial charge on any atom is 0.250 e. The fourth-order valence-electron chi connectivity index (χ4n) is 3.07. The molecule has 1 saturated carbocycles. The Morgan fingerprint density at radius 1 is 1.25 bits per heavy atom. The van der Waals surface area contributed by atoms with Crippen molar-refractivity contribution in [1.82, 2.24) is 10.2 Å². The van der Waals surface area contributed by atoms with Crippen molar-refractivity contribution < 1.29 is 9.59 Å². The summed E-state index contributed by atoms with van der Waals surface area (Å²) in [7, 11) is 0. The van der Waals surface area contributed by atoms with Gasteiger partial charge in [-0.05, 0) is 24.3 Å². The molecule has 4 unspecified atom stereocenters. The van der Waals surface area contributed by atoms with Gasteiger partial charge in [-0.3, -0.25) is 9.59 Å². The molecular formula is C16H20N2O2. The van der Waals surface area contributed by atoms with Gasteiger partial charge < -0.3 is 10.2 Å². The Morgan fingerprint density at radius 2 is 1.90 bits per heavy atom. The van der Waals surface area contributed by atoms with Gasteiger partial charge in [0.15, 0.2) is 0 Å². The fourth-order valence-corrected chi connectivity index (χ4v) is 3.07. The Hall–Kier alpha value is -1.84. The van der Waals surface area contributed by atoms with Crippen molar-refractivity contribution in [2.24, 2.45) is 5.92 Å². The minimum Gasteiger partial charge on any atom is -0.339 e. The van der Waals surface area contributed by atoms with Crippen LogP contribution in [0.15, 0.2) is 30.3 Å². The Kier molecular flexibility index (Phi) is 3.24. The number of carbonyl (C=O) groups excluding carboxylic acids is 2. The summed E-state index contributed by atoms with van der Waals surface area (Å²) in [6.07, 6.45) is 1.68. The van der Waals surface area contributed by atoms with Crippen LogP contribution in [0, 0.1) is 5.92 Å². The Bertz CT molecular complexity index is 529. The predicted octanol–water partition coefficient (Wildman–Crippen LogP) is 1.87. The molecule has 1 aliphatic carbocycles. The first kappa shape index (κ1) is 13.2. The first-order valence-electron chi connectivity index (χ1n) is 7.31. The molecule has 106 valence electrons. The Morgan fingerprint density at radius 3 is 2.45 bits per heavy atom. The van der Waals surface area contributed by atoms with Crippen LogP contribution in [0.4, 0.5) is 0 Å².